The molecule has 0 bridgehead atoms. The zero-order valence-corrected chi connectivity index (χ0v) is 13.1. The highest BCUT2D eigenvalue weighted by atomic mass is 15.3. The number of hydrogen-bond acceptors (Lipinski definition) is 2. The van der Waals surface area contributed by atoms with Gasteiger partial charge in [-0.1, -0.05) is 44.2 Å². The van der Waals surface area contributed by atoms with Crippen LogP contribution in [0.25, 0.3) is 0 Å². The molecule has 1 aromatic rings. The van der Waals surface area contributed by atoms with Crippen LogP contribution in [0.15, 0.2) is 30.3 Å². The van der Waals surface area contributed by atoms with Gasteiger partial charge in [-0.25, -0.2) is 0 Å². The highest BCUT2D eigenvalue weighted by Crippen LogP contribution is 2.46. The Morgan fingerprint density at radius 3 is 2.65 bits per heavy atom. The monoisotopic (exact) mass is 272 g/mol. The lowest BCUT2D eigenvalue weighted by molar-refractivity contribution is 0.0732. The third-order valence-electron chi connectivity index (χ3n) is 5.43. The Morgan fingerprint density at radius 1 is 1.25 bits per heavy atom. The summed E-state index contributed by atoms with van der Waals surface area (Å²) in [6.07, 6.45) is 3.81. The maximum absolute atomic E-state index is 3.77. The number of nitrogens with zero attached hydrogens (tertiary/aromatic N) is 1. The van der Waals surface area contributed by atoms with Crippen LogP contribution in [-0.4, -0.2) is 35.6 Å². The first-order valence-electron chi connectivity index (χ1n) is 8.22. The Kier molecular flexibility index (Phi) is 3.87. The lowest BCUT2D eigenvalue weighted by atomic mass is 9.92. The first-order chi connectivity index (χ1) is 9.67. The highest BCUT2D eigenvalue weighted by Gasteiger charge is 2.48. The molecule has 2 fully saturated rings. The van der Waals surface area contributed by atoms with Crippen molar-refractivity contribution >= 4 is 0 Å². The summed E-state index contributed by atoms with van der Waals surface area (Å²) in [6.45, 7) is 9.37. The molecule has 4 atom stereocenters. The van der Waals surface area contributed by atoms with Crippen molar-refractivity contribution < 1.29 is 0 Å². The molecule has 1 saturated carbocycles. The van der Waals surface area contributed by atoms with Gasteiger partial charge in [-0.05, 0) is 31.7 Å². The van der Waals surface area contributed by atoms with E-state index in [9.17, 15) is 0 Å². The molecule has 2 heteroatoms. The molecule has 0 radical (unpaired) electrons. The van der Waals surface area contributed by atoms with Gasteiger partial charge in [0.25, 0.3) is 0 Å². The van der Waals surface area contributed by atoms with Crippen molar-refractivity contribution in [2.45, 2.75) is 63.6 Å². The molecule has 0 amide bonds. The molecule has 1 aliphatic carbocycles. The molecule has 2 aliphatic rings. The summed E-state index contributed by atoms with van der Waals surface area (Å²) < 4.78 is 0. The van der Waals surface area contributed by atoms with Crippen LogP contribution in [0, 0.1) is 0 Å². The number of piperazine rings is 1. The van der Waals surface area contributed by atoms with E-state index in [4.69, 9.17) is 0 Å². The molecule has 20 heavy (non-hydrogen) atoms. The zero-order valence-electron chi connectivity index (χ0n) is 13.1. The number of rotatable bonds is 4. The molecule has 1 aliphatic heterocycles. The first-order valence-corrected chi connectivity index (χ1v) is 8.22. The molecular weight excluding hydrogens is 244 g/mol. The zero-order chi connectivity index (χ0) is 14.2. The van der Waals surface area contributed by atoms with Gasteiger partial charge in [0.05, 0.1) is 0 Å². The molecule has 0 aromatic heterocycles. The van der Waals surface area contributed by atoms with Crippen LogP contribution >= 0.6 is 0 Å². The maximum atomic E-state index is 3.77. The Labute approximate surface area is 123 Å². The smallest absolute Gasteiger partial charge is 0.0278 e. The summed E-state index contributed by atoms with van der Waals surface area (Å²) in [4.78, 5) is 2.80. The highest BCUT2D eigenvalue weighted by molar-refractivity contribution is 5.28. The van der Waals surface area contributed by atoms with Crippen molar-refractivity contribution in [1.29, 1.82) is 0 Å². The summed E-state index contributed by atoms with van der Waals surface area (Å²) in [5, 5.41) is 3.77. The Bertz CT molecular complexity index is 444. The quantitative estimate of drug-likeness (QED) is 0.904. The second-order valence-corrected chi connectivity index (χ2v) is 6.85. The number of nitrogens with one attached hydrogen (secondary N) is 1. The molecule has 1 aromatic carbocycles. The van der Waals surface area contributed by atoms with Gasteiger partial charge in [-0.15, -0.1) is 0 Å². The minimum Gasteiger partial charge on any atom is -0.309 e. The SMILES string of the molecule is CCC1CNC(C)(CC)CN1C1CC1c1ccccc1. The van der Waals surface area contributed by atoms with Crippen molar-refractivity contribution in [2.24, 2.45) is 0 Å². The van der Waals surface area contributed by atoms with Gasteiger partial charge in [-0.2, -0.15) is 0 Å². The fourth-order valence-corrected chi connectivity index (χ4v) is 3.68. The fourth-order valence-electron chi connectivity index (χ4n) is 3.68. The van der Waals surface area contributed by atoms with E-state index in [0.717, 1.165) is 18.5 Å². The van der Waals surface area contributed by atoms with Crippen molar-refractivity contribution in [1.82, 2.24) is 10.2 Å². The van der Waals surface area contributed by atoms with Gasteiger partial charge >= 0.3 is 0 Å². The Hall–Kier alpha value is -0.860. The lowest BCUT2D eigenvalue weighted by Crippen LogP contribution is -2.63. The van der Waals surface area contributed by atoms with E-state index in [1.54, 1.807) is 0 Å². The average molecular weight is 272 g/mol. The summed E-state index contributed by atoms with van der Waals surface area (Å²) >= 11 is 0. The molecule has 0 spiro atoms. The standard InChI is InChI=1S/C18H28N2/c1-4-15-12-19-18(3,5-2)13-20(15)17-11-16(17)14-9-7-6-8-10-14/h6-10,15-17,19H,4-5,11-13H2,1-3H3. The molecular formula is C18H28N2. The lowest BCUT2D eigenvalue weighted by Gasteiger charge is -2.46. The summed E-state index contributed by atoms with van der Waals surface area (Å²) in [5.74, 6) is 0.768. The van der Waals surface area contributed by atoms with E-state index in [1.807, 2.05) is 0 Å². The molecule has 3 rings (SSSR count). The van der Waals surface area contributed by atoms with E-state index in [2.05, 4.69) is 61.3 Å². The van der Waals surface area contributed by atoms with Crippen LogP contribution < -0.4 is 5.32 Å². The van der Waals surface area contributed by atoms with E-state index in [1.165, 1.54) is 31.4 Å². The van der Waals surface area contributed by atoms with Gasteiger partial charge in [0, 0.05) is 36.6 Å². The van der Waals surface area contributed by atoms with Gasteiger partial charge in [0.2, 0.25) is 0 Å². The van der Waals surface area contributed by atoms with Gasteiger partial charge in [0.1, 0.15) is 0 Å². The van der Waals surface area contributed by atoms with Crippen LogP contribution in [0.3, 0.4) is 0 Å². The second-order valence-electron chi connectivity index (χ2n) is 6.85. The van der Waals surface area contributed by atoms with Crippen LogP contribution in [0.2, 0.25) is 0 Å². The van der Waals surface area contributed by atoms with Crippen molar-refractivity contribution in [2.75, 3.05) is 13.1 Å². The largest absolute Gasteiger partial charge is 0.309 e. The summed E-state index contributed by atoms with van der Waals surface area (Å²) in [6, 6.07) is 12.6. The fraction of sp³-hybridized carbons (Fsp3) is 0.667. The Morgan fingerprint density at radius 2 is 2.00 bits per heavy atom. The Balaban J connectivity index is 1.72. The third kappa shape index (κ3) is 2.64. The molecule has 2 nitrogen and oxygen atoms in total. The van der Waals surface area contributed by atoms with Crippen LogP contribution in [0.5, 0.6) is 0 Å². The molecule has 1 heterocycles. The number of hydrogen-bond donors (Lipinski definition) is 1. The van der Waals surface area contributed by atoms with E-state index in [-0.39, 0.29) is 0 Å². The predicted octanol–water partition coefficient (Wildman–Crippen LogP) is 3.40. The summed E-state index contributed by atoms with van der Waals surface area (Å²) in [5.41, 5.74) is 1.83. The van der Waals surface area contributed by atoms with Gasteiger partial charge in [0.15, 0.2) is 0 Å². The second kappa shape index (κ2) is 5.50. The topological polar surface area (TPSA) is 15.3 Å². The van der Waals surface area contributed by atoms with Crippen LogP contribution in [0.4, 0.5) is 0 Å². The van der Waals surface area contributed by atoms with E-state index >= 15 is 0 Å². The molecule has 110 valence electrons. The molecule has 4 unspecified atom stereocenters. The van der Waals surface area contributed by atoms with Gasteiger partial charge in [-0.3, -0.25) is 4.90 Å². The van der Waals surface area contributed by atoms with Crippen molar-refractivity contribution in [3.63, 3.8) is 0 Å². The predicted molar refractivity (Wildman–Crippen MR) is 85.1 cm³/mol. The molecule has 1 saturated heterocycles. The minimum absolute atomic E-state index is 0.301. The van der Waals surface area contributed by atoms with Crippen molar-refractivity contribution in [3.05, 3.63) is 35.9 Å². The normalized spacial score (nSPS) is 37.9. The van der Waals surface area contributed by atoms with Crippen LogP contribution in [-0.2, 0) is 0 Å². The van der Waals surface area contributed by atoms with E-state index in [0.29, 0.717) is 11.6 Å². The van der Waals surface area contributed by atoms with Gasteiger partial charge < -0.3 is 5.32 Å². The summed E-state index contributed by atoms with van der Waals surface area (Å²) in [7, 11) is 0. The third-order valence-corrected chi connectivity index (χ3v) is 5.43. The minimum atomic E-state index is 0.301. The van der Waals surface area contributed by atoms with Crippen molar-refractivity contribution in [3.8, 4) is 0 Å². The average Bonchev–Trinajstić information content (AvgIpc) is 3.28. The van der Waals surface area contributed by atoms with E-state index < -0.39 is 0 Å². The maximum Gasteiger partial charge on any atom is 0.0278 e. The first kappa shape index (κ1) is 14.1. The van der Waals surface area contributed by atoms with Crippen LogP contribution in [0.1, 0.15) is 51.5 Å². The molecule has 1 N–H and O–H groups in total. The number of benzene rings is 1.